The second-order valence-corrected chi connectivity index (χ2v) is 9.61. The summed E-state index contributed by atoms with van der Waals surface area (Å²) in [4.78, 5) is 50.3. The number of ether oxygens (including phenoxy) is 1. The number of carbonyl (C=O) groups excluding carboxylic acids is 2. The third-order valence-corrected chi connectivity index (χ3v) is 6.88. The van der Waals surface area contributed by atoms with Gasteiger partial charge in [-0.1, -0.05) is 37.8 Å². The van der Waals surface area contributed by atoms with Crippen LogP contribution < -0.4 is 5.32 Å². The van der Waals surface area contributed by atoms with Crippen LogP contribution in [0.3, 0.4) is 0 Å². The molecule has 3 aromatic heterocycles. The Kier molecular flexibility index (Phi) is 8.53. The molecule has 0 saturated carbocycles. The van der Waals surface area contributed by atoms with Crippen molar-refractivity contribution >= 4 is 29.0 Å². The number of hydrogen-bond donors (Lipinski definition) is 2. The minimum absolute atomic E-state index is 0. The number of aromatic nitrogens is 6. The number of nitrogens with one attached hydrogen (secondary N) is 2. The second-order valence-electron chi connectivity index (χ2n) is 9.61. The van der Waals surface area contributed by atoms with Gasteiger partial charge in [-0.15, -0.1) is 0 Å². The number of nitrogens with zero attached hydrogens (tertiary/aromatic N) is 7. The number of rotatable bonds is 7. The van der Waals surface area contributed by atoms with Crippen LogP contribution in [0.4, 0.5) is 10.7 Å². The van der Waals surface area contributed by atoms with E-state index in [4.69, 9.17) is 4.74 Å². The highest BCUT2D eigenvalue weighted by molar-refractivity contribution is 5.95. The largest absolute Gasteiger partial charge is 0.450 e. The average molecular weight is 568 g/mol. The highest BCUT2D eigenvalue weighted by Gasteiger charge is 2.24. The monoisotopic (exact) mass is 567 g/mol. The number of amides is 2. The fourth-order valence-corrected chi connectivity index (χ4v) is 4.87. The Morgan fingerprint density at radius 1 is 1.00 bits per heavy atom. The van der Waals surface area contributed by atoms with Gasteiger partial charge in [-0.05, 0) is 30.7 Å². The molecule has 12 heteroatoms. The minimum Gasteiger partial charge on any atom is -0.450 e. The Morgan fingerprint density at radius 3 is 2.50 bits per heavy atom. The van der Waals surface area contributed by atoms with Crippen molar-refractivity contribution in [2.24, 2.45) is 0 Å². The summed E-state index contributed by atoms with van der Waals surface area (Å²) in [5, 5.41) is 2.60. The molecule has 0 spiro atoms. The summed E-state index contributed by atoms with van der Waals surface area (Å²) in [7, 11) is 0. The summed E-state index contributed by atoms with van der Waals surface area (Å²) in [6.45, 7) is 5.74. The summed E-state index contributed by atoms with van der Waals surface area (Å²) >= 11 is 0. The number of carbonyl (C=O) groups is 2. The van der Waals surface area contributed by atoms with Crippen LogP contribution in [0.2, 0.25) is 0 Å². The van der Waals surface area contributed by atoms with Crippen LogP contribution in [0.15, 0.2) is 73.4 Å². The van der Waals surface area contributed by atoms with Crippen molar-refractivity contribution in [3.63, 3.8) is 0 Å². The van der Waals surface area contributed by atoms with E-state index in [-0.39, 0.29) is 25.9 Å². The molecule has 0 unspecified atom stereocenters. The highest BCUT2D eigenvalue weighted by Crippen LogP contribution is 2.29. The molecule has 1 aliphatic heterocycles. The third kappa shape index (κ3) is 6.13. The first-order valence-electron chi connectivity index (χ1n) is 13.4. The maximum atomic E-state index is 13.3. The Balaban J connectivity index is 0.00000353. The van der Waals surface area contributed by atoms with E-state index in [0.717, 1.165) is 25.3 Å². The highest BCUT2D eigenvalue weighted by atomic mass is 16.5. The molecule has 0 radical (unpaired) electrons. The number of hydrogen-bond acceptors (Lipinski definition) is 8. The SMILES string of the molecule is C.CCOC(=O)Nc1nc2c(-c3ncccn3)cc(-n3cnc(C(=O)N4CCN(Cc5ccccc5)CC4)c3)cc2[nH]1. The zero-order valence-electron chi connectivity index (χ0n) is 22.5. The van der Waals surface area contributed by atoms with Gasteiger partial charge < -0.3 is 19.2 Å². The van der Waals surface area contributed by atoms with Crippen LogP contribution in [0.1, 0.15) is 30.4 Å². The van der Waals surface area contributed by atoms with Gasteiger partial charge >= 0.3 is 6.09 Å². The molecule has 1 aliphatic rings. The van der Waals surface area contributed by atoms with Crippen molar-refractivity contribution in [3.05, 3.63) is 84.7 Å². The zero-order valence-corrected chi connectivity index (χ0v) is 22.5. The van der Waals surface area contributed by atoms with Crippen LogP contribution in [0.25, 0.3) is 28.1 Å². The second kappa shape index (κ2) is 12.6. The normalized spacial score (nSPS) is 13.5. The summed E-state index contributed by atoms with van der Waals surface area (Å²) in [5.41, 5.74) is 4.25. The molecule has 2 amide bonds. The standard InChI is InChI=1S/C29H29N9O3.CH4/c1-2-41-29(40)35-28-33-23-16-21(15-22(25(23)34-28)26-30-9-6-10-31-26)38-18-24(32-19-38)27(39)37-13-11-36(12-14-37)17-20-7-4-3-5-8-20;/h3-10,15-16,18-19H,2,11-14,17H2,1H3,(H2,33,34,35,40);1H4. The topological polar surface area (TPSA) is 134 Å². The van der Waals surface area contributed by atoms with E-state index in [1.54, 1.807) is 42.5 Å². The molecule has 1 saturated heterocycles. The summed E-state index contributed by atoms with van der Waals surface area (Å²) in [5.74, 6) is 0.609. The smallest absolute Gasteiger partial charge is 0.413 e. The minimum atomic E-state index is -0.608. The molecular formula is C30H33N9O3. The van der Waals surface area contributed by atoms with Gasteiger partial charge in [0, 0.05) is 62.6 Å². The van der Waals surface area contributed by atoms with Crippen LogP contribution in [-0.2, 0) is 11.3 Å². The molecule has 2 N–H and O–H groups in total. The van der Waals surface area contributed by atoms with Gasteiger partial charge in [-0.25, -0.2) is 24.7 Å². The van der Waals surface area contributed by atoms with Gasteiger partial charge in [0.15, 0.2) is 5.82 Å². The fraction of sp³-hybridized carbons (Fsp3) is 0.267. The van der Waals surface area contributed by atoms with Gasteiger partial charge in [0.1, 0.15) is 17.5 Å². The lowest BCUT2D eigenvalue weighted by molar-refractivity contribution is 0.0623. The van der Waals surface area contributed by atoms with E-state index in [2.05, 4.69) is 47.3 Å². The molecule has 4 heterocycles. The lowest BCUT2D eigenvalue weighted by Gasteiger charge is -2.34. The average Bonchev–Trinajstić information content (AvgIpc) is 3.65. The lowest BCUT2D eigenvalue weighted by Crippen LogP contribution is -2.48. The number of fused-ring (bicyclic) bond motifs is 1. The number of H-pyrrole nitrogens is 1. The Bertz CT molecular complexity index is 1660. The van der Waals surface area contributed by atoms with Crippen molar-refractivity contribution in [1.82, 2.24) is 39.3 Å². The molecular weight excluding hydrogens is 534 g/mol. The molecule has 6 rings (SSSR count). The van der Waals surface area contributed by atoms with Gasteiger partial charge in [0.2, 0.25) is 5.95 Å². The van der Waals surface area contributed by atoms with Crippen molar-refractivity contribution in [3.8, 4) is 17.1 Å². The van der Waals surface area contributed by atoms with Gasteiger partial charge in [0.25, 0.3) is 5.91 Å². The lowest BCUT2D eigenvalue weighted by atomic mass is 10.1. The summed E-state index contributed by atoms with van der Waals surface area (Å²) in [6.07, 6.45) is 6.04. The number of benzene rings is 2. The molecule has 2 aromatic carbocycles. The van der Waals surface area contributed by atoms with E-state index < -0.39 is 6.09 Å². The van der Waals surface area contributed by atoms with E-state index in [1.807, 2.05) is 35.2 Å². The number of anilines is 1. The predicted octanol–water partition coefficient (Wildman–Crippen LogP) is 4.37. The molecule has 0 aliphatic carbocycles. The zero-order chi connectivity index (χ0) is 28.2. The Hall–Kier alpha value is -5.10. The van der Waals surface area contributed by atoms with Crippen molar-refractivity contribution in [1.29, 1.82) is 0 Å². The number of piperazine rings is 1. The van der Waals surface area contributed by atoms with Gasteiger partial charge in [-0.3, -0.25) is 15.0 Å². The fourth-order valence-electron chi connectivity index (χ4n) is 4.87. The molecule has 42 heavy (non-hydrogen) atoms. The van der Waals surface area contributed by atoms with E-state index >= 15 is 0 Å². The van der Waals surface area contributed by atoms with Crippen molar-refractivity contribution < 1.29 is 14.3 Å². The van der Waals surface area contributed by atoms with Crippen LogP contribution in [0, 0.1) is 0 Å². The maximum absolute atomic E-state index is 13.3. The van der Waals surface area contributed by atoms with E-state index in [1.165, 1.54) is 5.56 Å². The first-order valence-corrected chi connectivity index (χ1v) is 13.4. The Morgan fingerprint density at radius 2 is 1.76 bits per heavy atom. The molecule has 5 aromatic rings. The third-order valence-electron chi connectivity index (χ3n) is 6.88. The number of imidazole rings is 2. The van der Waals surface area contributed by atoms with E-state index in [9.17, 15) is 9.59 Å². The maximum Gasteiger partial charge on any atom is 0.413 e. The van der Waals surface area contributed by atoms with Crippen molar-refractivity contribution in [2.75, 3.05) is 38.1 Å². The molecule has 12 nitrogen and oxygen atoms in total. The molecule has 0 bridgehead atoms. The first-order chi connectivity index (χ1) is 20.1. The molecule has 216 valence electrons. The Labute approximate surface area is 243 Å². The summed E-state index contributed by atoms with van der Waals surface area (Å²) < 4.78 is 6.75. The van der Waals surface area contributed by atoms with Crippen molar-refractivity contribution in [2.45, 2.75) is 20.9 Å². The molecule has 1 fully saturated rings. The van der Waals surface area contributed by atoms with Crippen LogP contribution in [0.5, 0.6) is 0 Å². The summed E-state index contributed by atoms with van der Waals surface area (Å²) in [6, 6.07) is 15.8. The van der Waals surface area contributed by atoms with Crippen LogP contribution in [-0.4, -0.2) is 84.1 Å². The first kappa shape index (κ1) is 28.4. The quantitative estimate of drug-likeness (QED) is 0.296. The predicted molar refractivity (Wildman–Crippen MR) is 159 cm³/mol. The van der Waals surface area contributed by atoms with Gasteiger partial charge in [0.05, 0.1) is 12.1 Å². The van der Waals surface area contributed by atoms with E-state index in [0.29, 0.717) is 41.2 Å². The van der Waals surface area contributed by atoms with Crippen LogP contribution >= 0.6 is 0 Å². The number of aromatic amines is 1. The van der Waals surface area contributed by atoms with Gasteiger partial charge in [-0.2, -0.15) is 0 Å². The molecule has 0 atom stereocenters.